The number of hydrogen-bond acceptors (Lipinski definition) is 4. The molecule has 1 aliphatic carbocycles. The van der Waals surface area contributed by atoms with E-state index in [4.69, 9.17) is 0 Å². The predicted octanol–water partition coefficient (Wildman–Crippen LogP) is 3.50. The van der Waals surface area contributed by atoms with E-state index < -0.39 is 18.0 Å². The van der Waals surface area contributed by atoms with Crippen LogP contribution in [0.5, 0.6) is 5.75 Å². The van der Waals surface area contributed by atoms with E-state index in [1.807, 2.05) is 6.20 Å². The van der Waals surface area contributed by atoms with Crippen molar-refractivity contribution in [2.75, 3.05) is 5.32 Å². The zero-order chi connectivity index (χ0) is 17.6. The van der Waals surface area contributed by atoms with Gasteiger partial charge in [0.1, 0.15) is 28.5 Å². The number of imidazole rings is 1. The third-order valence-electron chi connectivity index (χ3n) is 4.06. The lowest BCUT2D eigenvalue weighted by Gasteiger charge is -2.08. The molecule has 0 aliphatic heterocycles. The number of carbonyl (C=O) groups is 1. The fourth-order valence-corrected chi connectivity index (χ4v) is 2.60. The van der Waals surface area contributed by atoms with Crippen LogP contribution in [0.15, 0.2) is 36.7 Å². The van der Waals surface area contributed by atoms with Gasteiger partial charge in [-0.2, -0.15) is 0 Å². The molecule has 128 valence electrons. The van der Waals surface area contributed by atoms with Gasteiger partial charge in [0.05, 0.1) is 5.69 Å². The van der Waals surface area contributed by atoms with Crippen LogP contribution in [0.4, 0.5) is 14.5 Å². The number of anilines is 1. The minimum atomic E-state index is -2.76. The van der Waals surface area contributed by atoms with Crippen LogP contribution >= 0.6 is 0 Å². The molecule has 1 fully saturated rings. The van der Waals surface area contributed by atoms with Gasteiger partial charge >= 0.3 is 0 Å². The van der Waals surface area contributed by atoms with Crippen molar-refractivity contribution in [1.82, 2.24) is 14.4 Å². The fraction of sp³-hybridized carbons (Fsp3) is 0.235. The molecule has 0 spiro atoms. The lowest BCUT2D eigenvalue weighted by atomic mass is 10.2. The van der Waals surface area contributed by atoms with Crippen molar-refractivity contribution in [2.45, 2.75) is 25.2 Å². The molecular formula is C17H14F2N4O2. The monoisotopic (exact) mass is 344 g/mol. The normalized spacial score (nSPS) is 14.2. The number of alkyl halides is 2. The summed E-state index contributed by atoms with van der Waals surface area (Å²) in [6.07, 6.45) is 2.84. The Bertz CT molecular complexity index is 966. The van der Waals surface area contributed by atoms with E-state index in [2.05, 4.69) is 15.3 Å². The van der Waals surface area contributed by atoms with Crippen molar-refractivity contribution in [3.05, 3.63) is 53.7 Å². The smallest absolute Gasteiger partial charge is 0.280 e. The van der Waals surface area contributed by atoms with Crippen LogP contribution in [-0.4, -0.2) is 25.4 Å². The molecule has 25 heavy (non-hydrogen) atoms. The molecule has 2 N–H and O–H groups in total. The van der Waals surface area contributed by atoms with Gasteiger partial charge in [-0.25, -0.2) is 18.7 Å². The number of amides is 1. The van der Waals surface area contributed by atoms with Crippen LogP contribution in [0.1, 0.15) is 47.1 Å². The summed E-state index contributed by atoms with van der Waals surface area (Å²) in [6.45, 7) is 0. The molecule has 1 aliphatic rings. The first-order valence-electron chi connectivity index (χ1n) is 7.79. The number of halogens is 2. The average molecular weight is 344 g/mol. The van der Waals surface area contributed by atoms with Crippen molar-refractivity contribution in [2.24, 2.45) is 0 Å². The van der Waals surface area contributed by atoms with Gasteiger partial charge in [-0.3, -0.25) is 4.79 Å². The molecule has 8 heteroatoms. The Kier molecular flexibility index (Phi) is 3.60. The number of pyridine rings is 2. The standard InChI is InChI=1S/C17H14F2N4O2/c18-16(19)10-2-1-3-11(20-10)17(25)22-13-8-23-7-12(9-4-5-9)21-15(23)6-14(13)24/h1-3,6-9,16,24H,4-5H2,(H,22,25). The topological polar surface area (TPSA) is 79.5 Å². The maximum Gasteiger partial charge on any atom is 0.280 e. The van der Waals surface area contributed by atoms with Crippen LogP contribution in [0.25, 0.3) is 5.65 Å². The SMILES string of the molecule is O=C(Nc1cn2cc(C3CC3)nc2cc1O)c1cccc(C(F)F)n1. The second-order valence-corrected chi connectivity index (χ2v) is 5.98. The third kappa shape index (κ3) is 3.02. The number of aromatic nitrogens is 3. The number of nitrogens with one attached hydrogen (secondary N) is 1. The Hall–Kier alpha value is -3.03. The summed E-state index contributed by atoms with van der Waals surface area (Å²) in [7, 11) is 0. The van der Waals surface area contributed by atoms with Crippen LogP contribution in [0, 0.1) is 0 Å². The van der Waals surface area contributed by atoms with E-state index in [-0.39, 0.29) is 17.1 Å². The zero-order valence-electron chi connectivity index (χ0n) is 13.0. The van der Waals surface area contributed by atoms with Crippen molar-refractivity contribution in [3.8, 4) is 5.75 Å². The molecule has 0 unspecified atom stereocenters. The largest absolute Gasteiger partial charge is 0.506 e. The van der Waals surface area contributed by atoms with E-state index in [9.17, 15) is 18.7 Å². The lowest BCUT2D eigenvalue weighted by Crippen LogP contribution is -2.15. The van der Waals surface area contributed by atoms with Crippen molar-refractivity contribution in [3.63, 3.8) is 0 Å². The van der Waals surface area contributed by atoms with Gasteiger partial charge in [0, 0.05) is 24.4 Å². The molecule has 4 rings (SSSR count). The summed E-state index contributed by atoms with van der Waals surface area (Å²) in [5, 5.41) is 12.6. The summed E-state index contributed by atoms with van der Waals surface area (Å²) in [4.78, 5) is 20.3. The Morgan fingerprint density at radius 1 is 1.28 bits per heavy atom. The average Bonchev–Trinajstić information content (AvgIpc) is 3.36. The summed E-state index contributed by atoms with van der Waals surface area (Å²) < 4.78 is 27.1. The summed E-state index contributed by atoms with van der Waals surface area (Å²) in [5.41, 5.74) is 1.06. The van der Waals surface area contributed by atoms with Gasteiger partial charge in [0.2, 0.25) is 0 Å². The second kappa shape index (κ2) is 5.80. The van der Waals surface area contributed by atoms with E-state index in [1.165, 1.54) is 18.2 Å². The molecular weight excluding hydrogens is 330 g/mol. The molecule has 3 aromatic heterocycles. The van der Waals surface area contributed by atoms with E-state index in [0.29, 0.717) is 11.6 Å². The van der Waals surface area contributed by atoms with Gasteiger partial charge in [0.15, 0.2) is 0 Å². The molecule has 3 heterocycles. The van der Waals surface area contributed by atoms with Gasteiger partial charge in [-0.05, 0) is 25.0 Å². The number of rotatable bonds is 4. The first-order chi connectivity index (χ1) is 12.0. The number of hydrogen-bond donors (Lipinski definition) is 2. The predicted molar refractivity (Wildman–Crippen MR) is 86.0 cm³/mol. The van der Waals surface area contributed by atoms with Gasteiger partial charge in [-0.15, -0.1) is 0 Å². The summed E-state index contributed by atoms with van der Waals surface area (Å²) in [5.74, 6) is -0.375. The highest BCUT2D eigenvalue weighted by Gasteiger charge is 2.26. The molecule has 0 aromatic carbocycles. The van der Waals surface area contributed by atoms with Crippen molar-refractivity contribution >= 4 is 17.2 Å². The minimum Gasteiger partial charge on any atom is -0.506 e. The highest BCUT2D eigenvalue weighted by Crippen LogP contribution is 2.39. The quantitative estimate of drug-likeness (QED) is 0.759. The maximum atomic E-state index is 12.7. The number of fused-ring (bicyclic) bond motifs is 1. The molecule has 6 nitrogen and oxygen atoms in total. The van der Waals surface area contributed by atoms with Crippen molar-refractivity contribution < 1.29 is 18.7 Å². The molecule has 0 bridgehead atoms. The van der Waals surface area contributed by atoms with Crippen LogP contribution in [-0.2, 0) is 0 Å². The Labute approximate surface area is 141 Å². The molecule has 0 radical (unpaired) electrons. The number of nitrogens with zero attached hydrogens (tertiary/aromatic N) is 3. The Balaban J connectivity index is 1.62. The minimum absolute atomic E-state index is 0.151. The third-order valence-corrected chi connectivity index (χ3v) is 4.06. The summed E-state index contributed by atoms with van der Waals surface area (Å²) in [6, 6.07) is 5.27. The van der Waals surface area contributed by atoms with Crippen LogP contribution in [0.2, 0.25) is 0 Å². The Morgan fingerprint density at radius 3 is 2.80 bits per heavy atom. The Morgan fingerprint density at radius 2 is 2.08 bits per heavy atom. The lowest BCUT2D eigenvalue weighted by molar-refractivity contribution is 0.101. The van der Waals surface area contributed by atoms with Gasteiger partial charge in [0.25, 0.3) is 12.3 Å². The molecule has 1 saturated carbocycles. The first kappa shape index (κ1) is 15.5. The van der Waals surface area contributed by atoms with Gasteiger partial charge in [-0.1, -0.05) is 6.07 Å². The zero-order valence-corrected chi connectivity index (χ0v) is 13.0. The van der Waals surface area contributed by atoms with E-state index in [0.717, 1.165) is 24.6 Å². The number of carbonyl (C=O) groups excluding carboxylic acids is 1. The fourth-order valence-electron chi connectivity index (χ4n) is 2.60. The first-order valence-corrected chi connectivity index (χ1v) is 7.79. The highest BCUT2D eigenvalue weighted by molar-refractivity contribution is 6.03. The molecule has 1 amide bonds. The maximum absolute atomic E-state index is 12.7. The number of aromatic hydroxyl groups is 1. The van der Waals surface area contributed by atoms with Crippen LogP contribution < -0.4 is 5.32 Å². The second-order valence-electron chi connectivity index (χ2n) is 5.98. The summed E-state index contributed by atoms with van der Waals surface area (Å²) >= 11 is 0. The van der Waals surface area contributed by atoms with E-state index in [1.54, 1.807) is 10.6 Å². The van der Waals surface area contributed by atoms with Crippen LogP contribution in [0.3, 0.4) is 0 Å². The highest BCUT2D eigenvalue weighted by atomic mass is 19.3. The molecule has 3 aromatic rings. The molecule has 0 atom stereocenters. The molecule has 0 saturated heterocycles. The van der Waals surface area contributed by atoms with E-state index >= 15 is 0 Å². The van der Waals surface area contributed by atoms with Crippen molar-refractivity contribution in [1.29, 1.82) is 0 Å². The van der Waals surface area contributed by atoms with Gasteiger partial charge < -0.3 is 14.8 Å².